The molecule has 0 fully saturated rings. The maximum absolute atomic E-state index is 8.55. The van der Waals surface area contributed by atoms with Crippen LogP contribution in [-0.4, -0.2) is 147 Å². The second kappa shape index (κ2) is 44.9. The number of hydrogen-bond donors (Lipinski definition) is 0. The van der Waals surface area contributed by atoms with Crippen LogP contribution in [0.3, 0.4) is 0 Å². The molecule has 0 N–H and O–H groups in total. The van der Waals surface area contributed by atoms with Crippen LogP contribution in [0.4, 0.5) is 0 Å². The molecule has 152 valence electrons. The van der Waals surface area contributed by atoms with Gasteiger partial charge in [0.1, 0.15) is 0 Å². The van der Waals surface area contributed by atoms with E-state index < -0.39 is 31.3 Å². The van der Waals surface area contributed by atoms with Crippen LogP contribution < -0.4 is 58.7 Å². The summed E-state index contributed by atoms with van der Waals surface area (Å²) in [7, 11) is -21.6. The number of rotatable bonds is 0. The Bertz CT molecular complexity index is 342. The Hall–Kier alpha value is 9.95. The summed E-state index contributed by atoms with van der Waals surface area (Å²) in [5.74, 6) is 0. The molecule has 0 radical (unpaired) electrons. The van der Waals surface area contributed by atoms with E-state index in [2.05, 4.69) is 0 Å². The van der Waals surface area contributed by atoms with Gasteiger partial charge in [-0.05, 0) is 0 Å². The van der Waals surface area contributed by atoms with Gasteiger partial charge in [0, 0.05) is 65.2 Å². The molecular formula is H6Ba3O16P4Ti3Zr3. The molecular weight excluding hydrogens is 1210 g/mol. The molecule has 0 aliphatic heterocycles. The van der Waals surface area contributed by atoms with Crippen LogP contribution in [0.1, 0.15) is 8.56 Å². The van der Waals surface area contributed by atoms with Crippen molar-refractivity contribution in [2.75, 3.05) is 0 Å². The molecule has 0 atom stereocenters. The van der Waals surface area contributed by atoms with Crippen molar-refractivity contribution in [1.82, 2.24) is 0 Å². The predicted octanol–water partition coefficient (Wildman–Crippen LogP) is -11.8. The van der Waals surface area contributed by atoms with Gasteiger partial charge in [-0.15, -0.1) is 0 Å². The van der Waals surface area contributed by atoms with Gasteiger partial charge < -0.3 is 85.5 Å². The summed E-state index contributed by atoms with van der Waals surface area (Å²) < 4.78 is 34.2. The predicted molar refractivity (Wildman–Crippen MR) is 54.4 cm³/mol. The third-order valence-corrected chi connectivity index (χ3v) is 0. The van der Waals surface area contributed by atoms with Gasteiger partial charge in [-0.2, -0.15) is 31.3 Å². The van der Waals surface area contributed by atoms with Gasteiger partial charge in [-0.1, -0.05) is 0 Å². The summed E-state index contributed by atoms with van der Waals surface area (Å²) in [6.07, 6.45) is 0. The Kier molecular flexibility index (Phi) is 129. The summed E-state index contributed by atoms with van der Waals surface area (Å²) in [5, 5.41) is 0. The van der Waals surface area contributed by atoms with Crippen LogP contribution in [0.15, 0.2) is 0 Å². The van der Waals surface area contributed by atoms with Gasteiger partial charge >= 0.3 is 225 Å². The topological polar surface area (TPSA) is 345 Å². The van der Waals surface area contributed by atoms with Crippen molar-refractivity contribution in [3.05, 3.63) is 0 Å². The van der Waals surface area contributed by atoms with Crippen molar-refractivity contribution < 1.29 is 229 Å². The van der Waals surface area contributed by atoms with Crippen molar-refractivity contribution in [2.24, 2.45) is 0 Å². The summed E-state index contributed by atoms with van der Waals surface area (Å²) in [4.78, 5) is 103. The molecule has 0 saturated carbocycles. The van der Waals surface area contributed by atoms with Gasteiger partial charge in [-0.3, -0.25) is 0 Å². The summed E-state index contributed by atoms with van der Waals surface area (Å²) in [6, 6.07) is 0. The van der Waals surface area contributed by atoms with E-state index in [4.69, 9.17) is 77.0 Å². The summed E-state index contributed by atoms with van der Waals surface area (Å²) in [6.45, 7) is 0. The van der Waals surface area contributed by atoms with E-state index >= 15 is 0 Å². The summed E-state index contributed by atoms with van der Waals surface area (Å²) in [5.41, 5.74) is 0. The van der Waals surface area contributed by atoms with E-state index in [0.29, 0.717) is 0 Å². The Morgan fingerprint density at radius 1 is 0.345 bits per heavy atom. The Morgan fingerprint density at radius 3 is 0.345 bits per heavy atom. The van der Waals surface area contributed by atoms with Crippen LogP contribution in [0, 0.1) is 0 Å². The molecule has 0 amide bonds. The molecule has 0 aliphatic rings. The second-order valence-electron chi connectivity index (χ2n) is 1.79. The quantitative estimate of drug-likeness (QED) is 0.161. The summed E-state index contributed by atoms with van der Waals surface area (Å²) >= 11 is 0. The Morgan fingerprint density at radius 2 is 0.345 bits per heavy atom. The first-order valence-corrected chi connectivity index (χ1v) is 8.76. The molecule has 0 unspecified atom stereocenters. The molecule has 0 rings (SSSR count). The van der Waals surface area contributed by atoms with Gasteiger partial charge in [0.2, 0.25) is 0 Å². The molecule has 29 heavy (non-hydrogen) atoms. The average molecular weight is 1220 g/mol. The van der Waals surface area contributed by atoms with Crippen LogP contribution in [0.5, 0.6) is 0 Å². The Balaban J connectivity index is -0.00000000502. The van der Waals surface area contributed by atoms with Crippen molar-refractivity contribution in [3.63, 3.8) is 0 Å². The molecule has 0 aromatic heterocycles. The van der Waals surface area contributed by atoms with Crippen LogP contribution >= 0.6 is 31.3 Å². The fraction of sp³-hybridized carbons (Fsp3) is 0. The second-order valence-corrected chi connectivity index (χ2v) is 5.37. The number of phosphoric acid groups is 4. The molecule has 29 heteroatoms. The molecule has 0 heterocycles. The SMILES string of the molecule is O=P([O-])([O-])[O-].O=P([O-])([O-])[O-].O=P([O-])([O-])[O-].O=P([O-])([O-])[O-].[Ba+2].[Ba+2].[Ba+2].[H-].[H-].[H-].[H-].[H-].[H-].[Ti].[Ti].[Ti].[Zr+4].[Zr+4].[Zr+4]. The van der Waals surface area contributed by atoms with E-state index in [1.54, 1.807) is 0 Å². The zero-order chi connectivity index (χ0) is 18.0. The van der Waals surface area contributed by atoms with Crippen LogP contribution in [-0.2, 0) is 162 Å². The maximum Gasteiger partial charge on any atom is 4.00 e. The first-order chi connectivity index (χ1) is 8.00. The third-order valence-electron chi connectivity index (χ3n) is 0. The van der Waals surface area contributed by atoms with Crippen molar-refractivity contribution in [3.8, 4) is 0 Å². The van der Waals surface area contributed by atoms with Crippen molar-refractivity contribution in [1.29, 1.82) is 0 Å². The molecule has 0 aromatic carbocycles. The minimum Gasteiger partial charge on any atom is -1.00 e. The van der Waals surface area contributed by atoms with Crippen LogP contribution in [0.25, 0.3) is 0 Å². The van der Waals surface area contributed by atoms with E-state index in [9.17, 15) is 0 Å². The minimum atomic E-state index is -5.39. The fourth-order valence-electron chi connectivity index (χ4n) is 0. The van der Waals surface area contributed by atoms with Gasteiger partial charge in [-0.25, -0.2) is 0 Å². The van der Waals surface area contributed by atoms with Gasteiger partial charge in [0.25, 0.3) is 0 Å². The maximum atomic E-state index is 8.55. The minimum absolute atomic E-state index is 0. The number of hydrogen-bond acceptors (Lipinski definition) is 16. The third kappa shape index (κ3) is 496. The van der Waals surface area contributed by atoms with E-state index in [-0.39, 0.29) is 299 Å². The van der Waals surface area contributed by atoms with E-state index in [0.717, 1.165) is 0 Å². The fourth-order valence-corrected chi connectivity index (χ4v) is 0. The Labute approximate surface area is 397 Å². The molecule has 0 bridgehead atoms. The largest absolute Gasteiger partial charge is 4.00 e. The first-order valence-electron chi connectivity index (χ1n) is 2.92. The monoisotopic (exact) mass is 1210 g/mol. The molecule has 0 aliphatic carbocycles. The standard InChI is InChI=1S/3Ba.4H3O4P.3Ti.3Zr.6H/c;;;4*1-5(2,3)4;;;;;;;;;;;;/h;;;4*(H3,1,2,3,4);;;;;;;;;;;;/q3*+2;;;;;;;;3*+4;6*-1/p-12. The van der Waals surface area contributed by atoms with E-state index in [1.807, 2.05) is 0 Å². The molecule has 0 saturated heterocycles. The smallest absolute Gasteiger partial charge is 1.00 e. The molecule has 0 aromatic rings. The van der Waals surface area contributed by atoms with Gasteiger partial charge in [0.15, 0.2) is 0 Å². The van der Waals surface area contributed by atoms with Crippen molar-refractivity contribution >= 4 is 178 Å². The molecule has 0 spiro atoms. The normalized spacial score (nSPS) is 8.14. The zero-order valence-corrected chi connectivity index (χ0v) is 42.4. The zero-order valence-electron chi connectivity index (χ0n) is 19.4. The van der Waals surface area contributed by atoms with Crippen LogP contribution in [0.2, 0.25) is 0 Å². The molecule has 16 nitrogen and oxygen atoms in total. The van der Waals surface area contributed by atoms with Crippen molar-refractivity contribution in [2.45, 2.75) is 0 Å². The van der Waals surface area contributed by atoms with Gasteiger partial charge in [0.05, 0.1) is 0 Å². The average Bonchev–Trinajstić information content (AvgIpc) is 1.62. The van der Waals surface area contributed by atoms with E-state index in [1.165, 1.54) is 0 Å². The first kappa shape index (κ1) is 83.3.